The molecule has 0 saturated heterocycles. The molecule has 230 valence electrons. The first kappa shape index (κ1) is 33.5. The van der Waals surface area contributed by atoms with Crippen LogP contribution in [0.2, 0.25) is 10.0 Å². The molecule has 0 bridgehead atoms. The van der Waals surface area contributed by atoms with E-state index < -0.39 is 28.5 Å². The minimum Gasteiger partial charge on any atom is -0.355 e. The first-order chi connectivity index (χ1) is 21.0. The Hall–Kier alpha value is -3.37. The highest BCUT2D eigenvalue weighted by Crippen LogP contribution is 2.31. The number of likely N-dealkylation sites (N-methyl/N-ethyl adjacent to an activating group) is 1. The highest BCUT2D eigenvalue weighted by atomic mass is 79.9. The summed E-state index contributed by atoms with van der Waals surface area (Å²) in [4.78, 5) is 29.4. The third-order valence-corrected chi connectivity index (χ3v) is 10.0. The number of hydrogen-bond donors (Lipinski definition) is 1. The van der Waals surface area contributed by atoms with Crippen LogP contribution >= 0.6 is 39.1 Å². The molecule has 0 spiro atoms. The van der Waals surface area contributed by atoms with Gasteiger partial charge >= 0.3 is 0 Å². The average molecular weight is 718 g/mol. The third kappa shape index (κ3) is 8.41. The highest BCUT2D eigenvalue weighted by Gasteiger charge is 2.34. The number of amides is 2. The number of nitrogens with one attached hydrogen (secondary N) is 1. The van der Waals surface area contributed by atoms with E-state index >= 15 is 0 Å². The Bertz CT molecular complexity index is 1700. The van der Waals surface area contributed by atoms with Gasteiger partial charge in [-0.1, -0.05) is 99.3 Å². The van der Waals surface area contributed by atoms with E-state index in [0.717, 1.165) is 25.5 Å². The molecule has 4 aromatic carbocycles. The predicted octanol–water partition coefficient (Wildman–Crippen LogP) is 7.04. The first-order valence-electron chi connectivity index (χ1n) is 13.9. The Kier molecular flexibility index (Phi) is 11.5. The van der Waals surface area contributed by atoms with Crippen LogP contribution in [0.25, 0.3) is 0 Å². The van der Waals surface area contributed by atoms with Crippen molar-refractivity contribution in [1.29, 1.82) is 0 Å². The van der Waals surface area contributed by atoms with Crippen molar-refractivity contribution in [2.45, 2.75) is 37.8 Å². The number of anilines is 1. The van der Waals surface area contributed by atoms with Gasteiger partial charge in [0.15, 0.2) is 0 Å². The van der Waals surface area contributed by atoms with Crippen molar-refractivity contribution in [2.75, 3.05) is 17.4 Å². The lowest BCUT2D eigenvalue weighted by Crippen LogP contribution is -2.53. The summed E-state index contributed by atoms with van der Waals surface area (Å²) in [6.07, 6.45) is 0.229. The van der Waals surface area contributed by atoms with Crippen molar-refractivity contribution < 1.29 is 18.0 Å². The second-order valence-corrected chi connectivity index (χ2v) is 13.8. The van der Waals surface area contributed by atoms with E-state index in [0.29, 0.717) is 6.54 Å². The molecule has 0 fully saturated rings. The molecule has 0 aromatic heterocycles. The summed E-state index contributed by atoms with van der Waals surface area (Å²) in [6.45, 7) is 3.50. The summed E-state index contributed by atoms with van der Waals surface area (Å²) < 4.78 is 30.0. The predicted molar refractivity (Wildman–Crippen MR) is 179 cm³/mol. The molecular weight excluding hydrogens is 685 g/mol. The van der Waals surface area contributed by atoms with Crippen molar-refractivity contribution in [3.8, 4) is 0 Å². The van der Waals surface area contributed by atoms with Gasteiger partial charge in [0.05, 0.1) is 20.6 Å². The van der Waals surface area contributed by atoms with Gasteiger partial charge in [-0.15, -0.1) is 0 Å². The number of carbonyl (C=O) groups is 2. The van der Waals surface area contributed by atoms with Crippen LogP contribution in [0.15, 0.2) is 106 Å². The van der Waals surface area contributed by atoms with Crippen LogP contribution in [-0.4, -0.2) is 44.3 Å². The SMILES string of the molecule is CCNC(=O)[C@H](Cc1ccccc1)N(Cc1ccc(Br)cc1)C(=O)CN(c1ccc(Cl)c(Cl)c1)S(=O)(=O)c1ccc(C)cc1. The van der Waals surface area contributed by atoms with Crippen LogP contribution in [-0.2, 0) is 32.6 Å². The van der Waals surface area contributed by atoms with E-state index in [1.165, 1.54) is 35.2 Å². The smallest absolute Gasteiger partial charge is 0.264 e. The molecule has 7 nitrogen and oxygen atoms in total. The number of nitrogens with zero attached hydrogens (tertiary/aromatic N) is 2. The maximum Gasteiger partial charge on any atom is 0.264 e. The first-order valence-corrected chi connectivity index (χ1v) is 16.9. The molecule has 0 aliphatic heterocycles. The molecule has 1 atom stereocenters. The zero-order chi connectivity index (χ0) is 31.9. The number of hydrogen-bond acceptors (Lipinski definition) is 4. The van der Waals surface area contributed by atoms with Gasteiger partial charge in [-0.05, 0) is 67.4 Å². The summed E-state index contributed by atoms with van der Waals surface area (Å²) in [6, 6.07) is 26.6. The molecule has 44 heavy (non-hydrogen) atoms. The molecule has 4 aromatic rings. The molecular formula is C33H32BrCl2N3O4S. The molecule has 0 saturated carbocycles. The van der Waals surface area contributed by atoms with Crippen molar-refractivity contribution in [2.24, 2.45) is 0 Å². The summed E-state index contributed by atoms with van der Waals surface area (Å²) in [5.74, 6) is -0.911. The minimum absolute atomic E-state index is 0.00555. The van der Waals surface area contributed by atoms with E-state index in [2.05, 4.69) is 21.2 Å². The van der Waals surface area contributed by atoms with Crippen molar-refractivity contribution in [1.82, 2.24) is 10.2 Å². The van der Waals surface area contributed by atoms with Gasteiger partial charge in [0.25, 0.3) is 10.0 Å². The summed E-state index contributed by atoms with van der Waals surface area (Å²) >= 11 is 15.9. The largest absolute Gasteiger partial charge is 0.355 e. The van der Waals surface area contributed by atoms with E-state index in [1.807, 2.05) is 61.5 Å². The Labute approximate surface area is 277 Å². The fraction of sp³-hybridized carbons (Fsp3) is 0.212. The molecule has 1 N–H and O–H groups in total. The van der Waals surface area contributed by atoms with E-state index in [9.17, 15) is 18.0 Å². The van der Waals surface area contributed by atoms with Crippen molar-refractivity contribution in [3.05, 3.63) is 128 Å². The second kappa shape index (κ2) is 15.1. The van der Waals surface area contributed by atoms with Gasteiger partial charge in [-0.3, -0.25) is 13.9 Å². The van der Waals surface area contributed by atoms with E-state index in [4.69, 9.17) is 23.2 Å². The Balaban J connectivity index is 1.81. The zero-order valence-electron chi connectivity index (χ0n) is 24.2. The Morgan fingerprint density at radius 2 is 1.52 bits per heavy atom. The highest BCUT2D eigenvalue weighted by molar-refractivity contribution is 9.10. The monoisotopic (exact) mass is 715 g/mol. The number of benzene rings is 4. The van der Waals surface area contributed by atoms with Crippen LogP contribution in [0.1, 0.15) is 23.6 Å². The quantitative estimate of drug-likeness (QED) is 0.171. The topological polar surface area (TPSA) is 86.8 Å². The molecule has 11 heteroatoms. The normalized spacial score (nSPS) is 11.9. The minimum atomic E-state index is -4.25. The van der Waals surface area contributed by atoms with Crippen LogP contribution in [0.4, 0.5) is 5.69 Å². The molecule has 0 aliphatic carbocycles. The fourth-order valence-corrected chi connectivity index (χ4v) is 6.60. The number of rotatable bonds is 12. The maximum atomic E-state index is 14.4. The molecule has 4 rings (SSSR count). The van der Waals surface area contributed by atoms with Gasteiger partial charge in [-0.2, -0.15) is 0 Å². The average Bonchev–Trinajstić information content (AvgIpc) is 3.00. The fourth-order valence-electron chi connectivity index (χ4n) is 4.64. The summed E-state index contributed by atoms with van der Waals surface area (Å²) in [5.41, 5.74) is 2.67. The van der Waals surface area contributed by atoms with Crippen LogP contribution in [0.3, 0.4) is 0 Å². The molecule has 0 radical (unpaired) electrons. The van der Waals surface area contributed by atoms with Gasteiger partial charge in [0.2, 0.25) is 11.8 Å². The van der Waals surface area contributed by atoms with Gasteiger partial charge < -0.3 is 10.2 Å². The van der Waals surface area contributed by atoms with E-state index in [1.54, 1.807) is 19.1 Å². The molecule has 0 aliphatic rings. The van der Waals surface area contributed by atoms with Crippen LogP contribution in [0, 0.1) is 6.92 Å². The summed E-state index contributed by atoms with van der Waals surface area (Å²) in [5, 5.41) is 3.23. The molecule has 0 unspecified atom stereocenters. The standard InChI is InChI=1S/C33H32BrCl2N3O4S/c1-3-37-33(41)31(19-24-7-5-4-6-8-24)38(21-25-11-13-26(34)14-12-25)32(40)22-39(27-15-18-29(35)30(36)20-27)44(42,43)28-16-9-23(2)10-17-28/h4-18,20,31H,3,19,21-22H2,1-2H3,(H,37,41)/t31-/m0/s1. The summed E-state index contributed by atoms with van der Waals surface area (Å²) in [7, 11) is -4.25. The number of sulfonamides is 1. The lowest BCUT2D eigenvalue weighted by molar-refractivity contribution is -0.140. The molecule has 2 amide bonds. The van der Waals surface area contributed by atoms with Crippen molar-refractivity contribution >= 4 is 66.7 Å². The molecule has 0 heterocycles. The van der Waals surface area contributed by atoms with Crippen LogP contribution in [0.5, 0.6) is 0 Å². The van der Waals surface area contributed by atoms with Crippen LogP contribution < -0.4 is 9.62 Å². The lowest BCUT2D eigenvalue weighted by Gasteiger charge is -2.34. The Morgan fingerprint density at radius 1 is 0.864 bits per heavy atom. The second-order valence-electron chi connectivity index (χ2n) is 10.2. The lowest BCUT2D eigenvalue weighted by atomic mass is 10.0. The zero-order valence-corrected chi connectivity index (χ0v) is 28.1. The number of aryl methyl sites for hydroxylation is 1. The number of carbonyl (C=O) groups excluding carboxylic acids is 2. The van der Waals surface area contributed by atoms with Gasteiger partial charge in [0, 0.05) is 24.0 Å². The van der Waals surface area contributed by atoms with Gasteiger partial charge in [-0.25, -0.2) is 8.42 Å². The van der Waals surface area contributed by atoms with Gasteiger partial charge in [0.1, 0.15) is 12.6 Å². The number of halogens is 3. The maximum absolute atomic E-state index is 14.4. The van der Waals surface area contributed by atoms with E-state index in [-0.39, 0.29) is 39.5 Å². The van der Waals surface area contributed by atoms with Crippen molar-refractivity contribution in [3.63, 3.8) is 0 Å². The third-order valence-electron chi connectivity index (χ3n) is 6.97. The Morgan fingerprint density at radius 3 is 2.14 bits per heavy atom.